The number of sulfonamides is 1. The molecule has 1 aliphatic heterocycles. The topological polar surface area (TPSA) is 76.3 Å². The van der Waals surface area contributed by atoms with Crippen molar-refractivity contribution in [1.29, 1.82) is 0 Å². The Morgan fingerprint density at radius 1 is 1.33 bits per heavy atom. The molecule has 2 rings (SSSR count). The third-order valence-corrected chi connectivity index (χ3v) is 4.52. The van der Waals surface area contributed by atoms with Gasteiger partial charge < -0.3 is 5.73 Å². The Kier molecular flexibility index (Phi) is 6.91. The normalized spacial score (nSPS) is 17.5. The van der Waals surface area contributed by atoms with Gasteiger partial charge in [-0.15, -0.1) is 24.8 Å². The highest BCUT2D eigenvalue weighted by Gasteiger charge is 2.25. The van der Waals surface area contributed by atoms with E-state index in [-0.39, 0.29) is 30.6 Å². The molecule has 0 unspecified atom stereocenters. The van der Waals surface area contributed by atoms with Crippen LogP contribution in [-0.4, -0.2) is 25.7 Å². The van der Waals surface area contributed by atoms with Gasteiger partial charge in [0, 0.05) is 19.3 Å². The molecule has 0 spiro atoms. The Balaban J connectivity index is 0.00000144. The number of nitrogens with two attached hydrogens (primary N) is 1. The highest BCUT2D eigenvalue weighted by atomic mass is 35.5. The average Bonchev–Trinajstić information content (AvgIpc) is 2.28. The lowest BCUT2D eigenvalue weighted by Crippen LogP contribution is -2.37. The zero-order chi connectivity index (χ0) is 11.6. The summed E-state index contributed by atoms with van der Waals surface area (Å²) in [7, 11) is -3.14. The number of rotatable bonds is 2. The van der Waals surface area contributed by atoms with Crippen LogP contribution in [0.5, 0.6) is 0 Å². The van der Waals surface area contributed by atoms with Crippen molar-refractivity contribution in [2.24, 2.45) is 5.73 Å². The fourth-order valence-electron chi connectivity index (χ4n) is 1.81. The van der Waals surface area contributed by atoms with Crippen molar-refractivity contribution < 1.29 is 8.42 Å². The summed E-state index contributed by atoms with van der Waals surface area (Å²) < 4.78 is 25.2. The van der Waals surface area contributed by atoms with Gasteiger partial charge in [0.1, 0.15) is 0 Å². The van der Waals surface area contributed by atoms with E-state index in [2.05, 4.69) is 4.98 Å². The van der Waals surface area contributed by atoms with Crippen LogP contribution in [0.4, 0.5) is 5.69 Å². The van der Waals surface area contributed by atoms with Gasteiger partial charge in [0.15, 0.2) is 0 Å². The third kappa shape index (κ3) is 3.71. The van der Waals surface area contributed by atoms with E-state index < -0.39 is 10.0 Å². The predicted octanol–water partition coefficient (Wildman–Crippen LogP) is 1.31. The van der Waals surface area contributed by atoms with E-state index in [1.165, 1.54) is 4.31 Å². The Morgan fingerprint density at radius 3 is 2.67 bits per heavy atom. The van der Waals surface area contributed by atoms with Gasteiger partial charge >= 0.3 is 0 Å². The van der Waals surface area contributed by atoms with Gasteiger partial charge in [-0.05, 0) is 25.0 Å². The van der Waals surface area contributed by atoms with Crippen LogP contribution in [0.2, 0.25) is 0 Å². The number of hydrogen-bond acceptors (Lipinski definition) is 4. The highest BCUT2D eigenvalue weighted by Crippen LogP contribution is 2.23. The van der Waals surface area contributed by atoms with Crippen molar-refractivity contribution in [1.82, 2.24) is 4.98 Å². The third-order valence-electron chi connectivity index (χ3n) is 2.65. The number of aromatic nitrogens is 1. The first-order chi connectivity index (χ1) is 7.63. The second-order valence-corrected chi connectivity index (χ2v) is 5.82. The van der Waals surface area contributed by atoms with Gasteiger partial charge in [-0.3, -0.25) is 9.29 Å². The molecule has 0 atom stereocenters. The monoisotopic (exact) mass is 313 g/mol. The van der Waals surface area contributed by atoms with Gasteiger partial charge in [0.05, 0.1) is 17.1 Å². The number of hydrogen-bond donors (Lipinski definition) is 1. The number of anilines is 1. The molecule has 104 valence electrons. The molecule has 2 N–H and O–H groups in total. The minimum absolute atomic E-state index is 0. The lowest BCUT2D eigenvalue weighted by Gasteiger charge is -2.28. The lowest BCUT2D eigenvalue weighted by molar-refractivity contribution is 0.574. The average molecular weight is 314 g/mol. The van der Waals surface area contributed by atoms with E-state index in [0.717, 1.165) is 12.8 Å². The largest absolute Gasteiger partial charge is 0.325 e. The van der Waals surface area contributed by atoms with Crippen molar-refractivity contribution in [3.8, 4) is 0 Å². The van der Waals surface area contributed by atoms with Crippen LogP contribution in [0.3, 0.4) is 0 Å². The summed E-state index contributed by atoms with van der Waals surface area (Å²) in [6.07, 6.45) is 3.24. The van der Waals surface area contributed by atoms with Crippen molar-refractivity contribution in [2.45, 2.75) is 19.4 Å². The maximum Gasteiger partial charge on any atom is 0.235 e. The predicted molar refractivity (Wildman–Crippen MR) is 77.0 cm³/mol. The standard InChI is InChI=1S/C10H15N3O2S.2ClH/c11-8-9-7-10(3-4-12-9)13-5-1-2-6-16(13,14)15;;/h3-4,7H,1-2,5-6,8,11H2;2*1H. The SMILES string of the molecule is Cl.Cl.NCc1cc(N2CCCCS2(=O)=O)ccn1. The van der Waals surface area contributed by atoms with Gasteiger partial charge in [-0.2, -0.15) is 0 Å². The van der Waals surface area contributed by atoms with Crippen molar-refractivity contribution in [2.75, 3.05) is 16.6 Å². The van der Waals surface area contributed by atoms with Crippen LogP contribution < -0.4 is 10.0 Å². The summed E-state index contributed by atoms with van der Waals surface area (Å²) in [5, 5.41) is 0. The summed E-state index contributed by atoms with van der Waals surface area (Å²) >= 11 is 0. The molecule has 1 aromatic heterocycles. The molecule has 0 saturated carbocycles. The molecule has 1 aromatic rings. The van der Waals surface area contributed by atoms with E-state index in [1.54, 1.807) is 18.3 Å². The number of halogens is 2. The molecular weight excluding hydrogens is 297 g/mol. The Hall–Kier alpha value is -0.560. The van der Waals surface area contributed by atoms with Crippen molar-refractivity contribution >= 4 is 40.5 Å². The Labute approximate surface area is 120 Å². The smallest absolute Gasteiger partial charge is 0.235 e. The second-order valence-electron chi connectivity index (χ2n) is 3.80. The quantitative estimate of drug-likeness (QED) is 0.893. The zero-order valence-electron chi connectivity index (χ0n) is 9.78. The molecular formula is C10H17Cl2N3O2S. The molecule has 1 fully saturated rings. The lowest BCUT2D eigenvalue weighted by atomic mass is 10.3. The number of nitrogens with zero attached hydrogens (tertiary/aromatic N) is 2. The molecule has 0 aromatic carbocycles. The fraction of sp³-hybridized carbons (Fsp3) is 0.500. The number of pyridine rings is 1. The maximum atomic E-state index is 11.9. The van der Waals surface area contributed by atoms with Gasteiger partial charge in [0.25, 0.3) is 0 Å². The molecule has 2 heterocycles. The van der Waals surface area contributed by atoms with Gasteiger partial charge in [-0.1, -0.05) is 0 Å². The van der Waals surface area contributed by atoms with E-state index in [4.69, 9.17) is 5.73 Å². The molecule has 5 nitrogen and oxygen atoms in total. The Morgan fingerprint density at radius 2 is 2.06 bits per heavy atom. The van der Waals surface area contributed by atoms with Crippen molar-refractivity contribution in [3.63, 3.8) is 0 Å². The van der Waals surface area contributed by atoms with Crippen molar-refractivity contribution in [3.05, 3.63) is 24.0 Å². The van der Waals surface area contributed by atoms with E-state index in [0.29, 0.717) is 24.5 Å². The van der Waals surface area contributed by atoms with Crippen LogP contribution in [0.25, 0.3) is 0 Å². The van der Waals surface area contributed by atoms with Crippen LogP contribution >= 0.6 is 24.8 Å². The molecule has 0 amide bonds. The molecule has 0 radical (unpaired) electrons. The first-order valence-electron chi connectivity index (χ1n) is 5.29. The van der Waals surface area contributed by atoms with Crippen LogP contribution in [-0.2, 0) is 16.6 Å². The molecule has 8 heteroatoms. The molecule has 1 aliphatic rings. The molecule has 0 bridgehead atoms. The minimum Gasteiger partial charge on any atom is -0.325 e. The van der Waals surface area contributed by atoms with E-state index in [1.807, 2.05) is 0 Å². The first kappa shape index (κ1) is 17.4. The van der Waals surface area contributed by atoms with Crippen LogP contribution in [0.15, 0.2) is 18.3 Å². The van der Waals surface area contributed by atoms with Crippen LogP contribution in [0, 0.1) is 0 Å². The fourth-order valence-corrected chi connectivity index (χ4v) is 3.44. The van der Waals surface area contributed by atoms with Gasteiger partial charge in [-0.25, -0.2) is 8.42 Å². The molecule has 1 saturated heterocycles. The molecule has 18 heavy (non-hydrogen) atoms. The van der Waals surface area contributed by atoms with Crippen LogP contribution in [0.1, 0.15) is 18.5 Å². The summed E-state index contributed by atoms with van der Waals surface area (Å²) in [6, 6.07) is 3.45. The van der Waals surface area contributed by atoms with E-state index >= 15 is 0 Å². The summed E-state index contributed by atoms with van der Waals surface area (Å²) in [5.74, 6) is 0.229. The van der Waals surface area contributed by atoms with Gasteiger partial charge in [0.2, 0.25) is 10.0 Å². The second kappa shape index (κ2) is 7.13. The first-order valence-corrected chi connectivity index (χ1v) is 6.90. The zero-order valence-corrected chi connectivity index (χ0v) is 12.2. The summed E-state index contributed by atoms with van der Waals surface area (Å²) in [5.41, 5.74) is 6.87. The van der Waals surface area contributed by atoms with E-state index in [9.17, 15) is 8.42 Å². The minimum atomic E-state index is -3.14. The highest BCUT2D eigenvalue weighted by molar-refractivity contribution is 7.92. The Bertz CT molecular complexity index is 482. The summed E-state index contributed by atoms with van der Waals surface area (Å²) in [6.45, 7) is 0.873. The maximum absolute atomic E-state index is 11.9. The summed E-state index contributed by atoms with van der Waals surface area (Å²) in [4.78, 5) is 4.05. The molecule has 0 aliphatic carbocycles.